The van der Waals surface area contributed by atoms with Gasteiger partial charge < -0.3 is 9.13 Å². The van der Waals surface area contributed by atoms with Crippen molar-refractivity contribution in [1.82, 2.24) is 19.1 Å². The van der Waals surface area contributed by atoms with Gasteiger partial charge in [-0.2, -0.15) is 0 Å². The van der Waals surface area contributed by atoms with Gasteiger partial charge in [0.1, 0.15) is 0 Å². The van der Waals surface area contributed by atoms with Crippen LogP contribution >= 0.6 is 0 Å². The molecule has 2 aliphatic carbocycles. The number of benzene rings is 7. The summed E-state index contributed by atoms with van der Waals surface area (Å²) in [5.41, 5.74) is 17.3. The van der Waals surface area contributed by atoms with Gasteiger partial charge in [0.05, 0.1) is 44.8 Å². The number of para-hydroxylation sites is 2. The van der Waals surface area contributed by atoms with E-state index in [1.54, 1.807) is 0 Å². The molecule has 1 fully saturated rings. The predicted octanol–water partition coefficient (Wildman–Crippen LogP) is 16.7. The number of rotatable bonds is 8. The van der Waals surface area contributed by atoms with Crippen LogP contribution in [0.15, 0.2) is 224 Å². The van der Waals surface area contributed by atoms with E-state index >= 15 is 0 Å². The molecular formula is C64H50N4. The third-order valence-corrected chi connectivity index (χ3v) is 15.1. The Labute approximate surface area is 397 Å². The summed E-state index contributed by atoms with van der Waals surface area (Å²) < 4.78 is 4.92. The van der Waals surface area contributed by atoms with Gasteiger partial charge in [-0.1, -0.05) is 165 Å². The van der Waals surface area contributed by atoms with Gasteiger partial charge in [-0.25, -0.2) is 9.97 Å². The van der Waals surface area contributed by atoms with E-state index in [-0.39, 0.29) is 5.41 Å². The van der Waals surface area contributed by atoms with E-state index in [2.05, 4.69) is 228 Å². The lowest BCUT2D eigenvalue weighted by molar-refractivity contribution is 0.223. The van der Waals surface area contributed by atoms with E-state index in [0.717, 1.165) is 51.5 Å². The van der Waals surface area contributed by atoms with E-state index in [4.69, 9.17) is 9.97 Å². The van der Waals surface area contributed by atoms with Crippen LogP contribution < -0.4 is 0 Å². The van der Waals surface area contributed by atoms with Crippen LogP contribution in [0.1, 0.15) is 44.1 Å². The number of pyridine rings is 2. The fourth-order valence-electron chi connectivity index (χ4n) is 11.7. The van der Waals surface area contributed by atoms with Gasteiger partial charge in [-0.3, -0.25) is 0 Å². The molecule has 0 saturated heterocycles. The molecule has 13 rings (SSSR count). The minimum absolute atomic E-state index is 0.0866. The Bertz CT molecular complexity index is 3730. The van der Waals surface area contributed by atoms with Crippen molar-refractivity contribution in [3.8, 4) is 50.7 Å². The average molecular weight is 875 g/mol. The van der Waals surface area contributed by atoms with Gasteiger partial charge in [-0.05, 0) is 110 Å². The molecule has 1 unspecified atom stereocenters. The van der Waals surface area contributed by atoms with Gasteiger partial charge in [0.15, 0.2) is 0 Å². The Morgan fingerprint density at radius 1 is 0.397 bits per heavy atom. The first-order chi connectivity index (χ1) is 33.7. The highest BCUT2D eigenvalue weighted by Crippen LogP contribution is 2.49. The zero-order valence-corrected chi connectivity index (χ0v) is 38.0. The Morgan fingerprint density at radius 3 is 1.43 bits per heavy atom. The molecule has 0 N–H and O–H groups in total. The standard InChI is InChI=1S/C64H50N4/c1-4-16-44(17-5-1)56-22-14-24-58(65-56)46-28-38-62-54(42-46)52-20-8-10-26-60(52)67(62)50-34-30-48(31-35-50)64(40-12-3-13-41-64)49-32-36-51(37-33-49)68-61-27-11-9-21-53(61)55-43-47(29-39-63(55)68)59-25-15-23-57(66-59)45-18-6-2-7-19-45/h1-2,4-11,14-32,34-39,42-43,49H,3,12-13,33,40-41H2. The quantitative estimate of drug-likeness (QED) is 0.152. The van der Waals surface area contributed by atoms with Crippen LogP contribution in [0.25, 0.3) is 100 Å². The molecule has 7 aromatic carbocycles. The largest absolute Gasteiger partial charge is 0.310 e. The van der Waals surface area contributed by atoms with Crippen LogP contribution in [0.4, 0.5) is 0 Å². The minimum Gasteiger partial charge on any atom is -0.310 e. The van der Waals surface area contributed by atoms with Gasteiger partial charge in [0.2, 0.25) is 0 Å². The van der Waals surface area contributed by atoms with Gasteiger partial charge >= 0.3 is 0 Å². The number of hydrogen-bond donors (Lipinski definition) is 0. The lowest BCUT2D eigenvalue weighted by atomic mass is 9.60. The summed E-state index contributed by atoms with van der Waals surface area (Å²) in [4.78, 5) is 10.2. The lowest BCUT2D eigenvalue weighted by Crippen LogP contribution is -2.37. The first-order valence-electron chi connectivity index (χ1n) is 24.3. The van der Waals surface area contributed by atoms with Crippen LogP contribution in [-0.2, 0) is 5.41 Å². The van der Waals surface area contributed by atoms with Crippen molar-refractivity contribution in [3.63, 3.8) is 0 Å². The minimum atomic E-state index is 0.0866. The third-order valence-electron chi connectivity index (χ3n) is 15.1. The fourth-order valence-corrected chi connectivity index (χ4v) is 11.7. The molecule has 0 bridgehead atoms. The number of hydrogen-bond acceptors (Lipinski definition) is 2. The molecule has 1 saturated carbocycles. The van der Waals surface area contributed by atoms with Crippen molar-refractivity contribution >= 4 is 49.3 Å². The zero-order chi connectivity index (χ0) is 45.0. The van der Waals surface area contributed by atoms with Gasteiger partial charge in [-0.15, -0.1) is 0 Å². The highest BCUT2D eigenvalue weighted by molar-refractivity contribution is 6.12. The predicted molar refractivity (Wildman–Crippen MR) is 284 cm³/mol. The molecular weight excluding hydrogens is 825 g/mol. The second-order valence-corrected chi connectivity index (χ2v) is 18.8. The molecule has 1 atom stereocenters. The van der Waals surface area contributed by atoms with Crippen molar-refractivity contribution in [3.05, 3.63) is 230 Å². The molecule has 0 spiro atoms. The van der Waals surface area contributed by atoms with E-state index in [9.17, 15) is 0 Å². The van der Waals surface area contributed by atoms with Crippen molar-refractivity contribution in [2.75, 3.05) is 0 Å². The molecule has 0 aliphatic heterocycles. The highest BCUT2D eigenvalue weighted by Gasteiger charge is 2.40. The smallest absolute Gasteiger partial charge is 0.0709 e. The molecule has 68 heavy (non-hydrogen) atoms. The van der Waals surface area contributed by atoms with Crippen molar-refractivity contribution in [2.24, 2.45) is 5.92 Å². The summed E-state index contributed by atoms with van der Waals surface area (Å²) in [7, 11) is 0. The molecule has 4 aromatic heterocycles. The van der Waals surface area contributed by atoms with Crippen molar-refractivity contribution in [2.45, 2.75) is 43.9 Å². The van der Waals surface area contributed by atoms with Crippen molar-refractivity contribution < 1.29 is 0 Å². The number of fused-ring (bicyclic) bond motifs is 6. The molecule has 2 aliphatic rings. The maximum Gasteiger partial charge on any atom is 0.0709 e. The highest BCUT2D eigenvalue weighted by atomic mass is 15.0. The first kappa shape index (κ1) is 40.2. The topological polar surface area (TPSA) is 35.6 Å². The molecule has 0 radical (unpaired) electrons. The van der Waals surface area contributed by atoms with Crippen LogP contribution in [0.2, 0.25) is 0 Å². The summed E-state index contributed by atoms with van der Waals surface area (Å²) >= 11 is 0. The summed E-state index contributed by atoms with van der Waals surface area (Å²) in [6.45, 7) is 0. The molecule has 4 nitrogen and oxygen atoms in total. The zero-order valence-electron chi connectivity index (χ0n) is 38.0. The Hall–Kier alpha value is -8.08. The van der Waals surface area contributed by atoms with Gasteiger partial charge in [0, 0.05) is 60.6 Å². The van der Waals surface area contributed by atoms with Gasteiger partial charge in [0.25, 0.3) is 0 Å². The molecule has 4 heteroatoms. The summed E-state index contributed by atoms with van der Waals surface area (Å²) in [6, 6.07) is 74.6. The summed E-state index contributed by atoms with van der Waals surface area (Å²) in [6.07, 6.45) is 14.7. The van der Waals surface area contributed by atoms with Crippen LogP contribution in [0.3, 0.4) is 0 Å². The van der Waals surface area contributed by atoms with Crippen LogP contribution in [-0.4, -0.2) is 19.1 Å². The molecule has 0 amide bonds. The lowest BCUT2D eigenvalue weighted by Gasteiger charge is -2.44. The number of aromatic nitrogens is 4. The van der Waals surface area contributed by atoms with E-state index in [0.29, 0.717) is 5.92 Å². The SMILES string of the molecule is C1=CC(C2(c3ccc(-n4c5ccccc5c5cc(-c6cccc(-c7ccccc7)n6)ccc54)cc3)CCCCC2)CC=C1n1c2ccccc2c2cc(-c3cccc(-c4ccccc4)n3)ccc21. The average Bonchev–Trinajstić information content (AvgIpc) is 3.94. The van der Waals surface area contributed by atoms with Crippen LogP contribution in [0, 0.1) is 5.92 Å². The number of allylic oxidation sites excluding steroid dienone is 4. The molecule has 326 valence electrons. The third kappa shape index (κ3) is 6.82. The van der Waals surface area contributed by atoms with Crippen molar-refractivity contribution in [1.29, 1.82) is 0 Å². The second kappa shape index (κ2) is 16.7. The van der Waals surface area contributed by atoms with E-state index < -0.39 is 0 Å². The molecule has 11 aromatic rings. The summed E-state index contributed by atoms with van der Waals surface area (Å²) in [5.74, 6) is 0.417. The Kier molecular flexibility index (Phi) is 9.85. The Balaban J connectivity index is 0.818. The second-order valence-electron chi connectivity index (χ2n) is 18.8. The fraction of sp³-hybridized carbons (Fsp3) is 0.125. The molecule has 4 heterocycles. The number of nitrogens with zero attached hydrogens (tertiary/aromatic N) is 4. The van der Waals surface area contributed by atoms with E-state index in [1.807, 2.05) is 6.07 Å². The normalized spacial score (nSPS) is 15.9. The summed E-state index contributed by atoms with van der Waals surface area (Å²) in [5, 5.41) is 5.00. The monoisotopic (exact) mass is 874 g/mol. The Morgan fingerprint density at radius 2 is 0.882 bits per heavy atom. The van der Waals surface area contributed by atoms with E-state index in [1.165, 1.54) is 92.7 Å². The maximum absolute atomic E-state index is 5.11. The van der Waals surface area contributed by atoms with Crippen LogP contribution in [0.5, 0.6) is 0 Å². The first-order valence-corrected chi connectivity index (χ1v) is 24.3. The maximum atomic E-state index is 5.11.